The quantitative estimate of drug-likeness (QED) is 0.801. The Morgan fingerprint density at radius 1 is 1.56 bits per heavy atom. The molecule has 1 rings (SSSR count). The molecule has 0 unspecified atom stereocenters. The van der Waals surface area contributed by atoms with E-state index in [-0.39, 0.29) is 23.7 Å². The van der Waals surface area contributed by atoms with Gasteiger partial charge >= 0.3 is 5.97 Å². The molecular formula is C10H11ClN2O3. The minimum absolute atomic E-state index is 0.183. The lowest BCUT2D eigenvalue weighted by Crippen LogP contribution is -2.30. The lowest BCUT2D eigenvalue weighted by Gasteiger charge is -2.05. The lowest BCUT2D eigenvalue weighted by atomic mass is 10.2. The summed E-state index contributed by atoms with van der Waals surface area (Å²) in [5, 5.41) is 2.67. The van der Waals surface area contributed by atoms with Gasteiger partial charge in [-0.1, -0.05) is 11.6 Å². The summed E-state index contributed by atoms with van der Waals surface area (Å²) in [6, 6.07) is 1.50. The SMILES string of the molecule is CCOC(=O)CNC(=O)c1cnccc1Cl. The fraction of sp³-hybridized carbons (Fsp3) is 0.300. The molecule has 0 aliphatic rings. The maximum atomic E-state index is 11.5. The van der Waals surface area contributed by atoms with Gasteiger partial charge in [0.15, 0.2) is 0 Å². The number of ether oxygens (including phenoxy) is 1. The maximum Gasteiger partial charge on any atom is 0.325 e. The predicted octanol–water partition coefficient (Wildman–Crippen LogP) is 1.03. The maximum absolute atomic E-state index is 11.5. The molecule has 0 radical (unpaired) electrons. The van der Waals surface area contributed by atoms with E-state index in [9.17, 15) is 9.59 Å². The average molecular weight is 243 g/mol. The molecule has 0 fully saturated rings. The smallest absolute Gasteiger partial charge is 0.325 e. The highest BCUT2D eigenvalue weighted by Crippen LogP contribution is 2.12. The topological polar surface area (TPSA) is 68.3 Å². The van der Waals surface area contributed by atoms with Crippen LogP contribution in [0.1, 0.15) is 17.3 Å². The zero-order chi connectivity index (χ0) is 12.0. The van der Waals surface area contributed by atoms with E-state index in [1.54, 1.807) is 6.92 Å². The van der Waals surface area contributed by atoms with Gasteiger partial charge in [0.2, 0.25) is 0 Å². The van der Waals surface area contributed by atoms with E-state index in [1.807, 2.05) is 0 Å². The zero-order valence-corrected chi connectivity index (χ0v) is 9.45. The van der Waals surface area contributed by atoms with Gasteiger partial charge in [-0.05, 0) is 13.0 Å². The van der Waals surface area contributed by atoms with Crippen LogP contribution in [0, 0.1) is 0 Å². The number of amides is 1. The third-order valence-corrected chi connectivity index (χ3v) is 2.04. The van der Waals surface area contributed by atoms with Crippen molar-refractivity contribution in [2.45, 2.75) is 6.92 Å². The summed E-state index contributed by atoms with van der Waals surface area (Å²) in [5.74, 6) is -0.943. The molecule has 1 heterocycles. The van der Waals surface area contributed by atoms with Crippen LogP contribution < -0.4 is 5.32 Å². The molecule has 0 spiro atoms. The third kappa shape index (κ3) is 3.51. The number of rotatable bonds is 4. The van der Waals surface area contributed by atoms with Crippen LogP contribution in [0.5, 0.6) is 0 Å². The second kappa shape index (κ2) is 6.07. The van der Waals surface area contributed by atoms with Gasteiger partial charge in [0.05, 0.1) is 17.2 Å². The first-order valence-electron chi connectivity index (χ1n) is 4.68. The Hall–Kier alpha value is -1.62. The Kier molecular flexibility index (Phi) is 4.72. The van der Waals surface area contributed by atoms with Crippen molar-refractivity contribution in [2.75, 3.05) is 13.2 Å². The number of carbonyl (C=O) groups excluding carboxylic acids is 2. The van der Waals surface area contributed by atoms with Crippen molar-refractivity contribution in [3.8, 4) is 0 Å². The molecule has 6 heteroatoms. The monoisotopic (exact) mass is 242 g/mol. The Morgan fingerprint density at radius 2 is 2.31 bits per heavy atom. The van der Waals surface area contributed by atoms with Gasteiger partial charge in [-0.15, -0.1) is 0 Å². The van der Waals surface area contributed by atoms with Crippen molar-refractivity contribution >= 4 is 23.5 Å². The minimum Gasteiger partial charge on any atom is -0.465 e. The molecule has 0 aromatic carbocycles. The molecule has 0 bridgehead atoms. The van der Waals surface area contributed by atoms with E-state index in [4.69, 9.17) is 11.6 Å². The molecule has 86 valence electrons. The minimum atomic E-state index is -0.490. The van der Waals surface area contributed by atoms with Gasteiger partial charge in [-0.25, -0.2) is 0 Å². The summed E-state index contributed by atoms with van der Waals surface area (Å²) in [4.78, 5) is 26.3. The van der Waals surface area contributed by atoms with E-state index in [0.717, 1.165) is 0 Å². The van der Waals surface area contributed by atoms with Crippen LogP contribution in [0.2, 0.25) is 5.02 Å². The fourth-order valence-corrected chi connectivity index (χ4v) is 1.20. The number of hydrogen-bond acceptors (Lipinski definition) is 4. The summed E-state index contributed by atoms with van der Waals surface area (Å²) in [7, 11) is 0. The Labute approximate surface area is 97.8 Å². The molecular weight excluding hydrogens is 232 g/mol. The van der Waals surface area contributed by atoms with E-state index >= 15 is 0 Å². The molecule has 1 N–H and O–H groups in total. The third-order valence-electron chi connectivity index (χ3n) is 1.71. The number of esters is 1. The van der Waals surface area contributed by atoms with E-state index in [0.29, 0.717) is 0 Å². The van der Waals surface area contributed by atoms with Gasteiger partial charge in [0.25, 0.3) is 5.91 Å². The number of halogens is 1. The Bertz CT molecular complexity index is 395. The lowest BCUT2D eigenvalue weighted by molar-refractivity contribution is -0.141. The first kappa shape index (κ1) is 12.4. The second-order valence-electron chi connectivity index (χ2n) is 2.84. The molecule has 16 heavy (non-hydrogen) atoms. The van der Waals surface area contributed by atoms with Crippen LogP contribution in [0.15, 0.2) is 18.5 Å². The van der Waals surface area contributed by atoms with Crippen LogP contribution in [0.3, 0.4) is 0 Å². The van der Waals surface area contributed by atoms with Gasteiger partial charge in [0, 0.05) is 12.4 Å². The summed E-state index contributed by atoms with van der Waals surface area (Å²) in [6.45, 7) is 1.79. The van der Waals surface area contributed by atoms with Gasteiger partial charge in [-0.3, -0.25) is 14.6 Å². The highest BCUT2D eigenvalue weighted by atomic mass is 35.5. The summed E-state index contributed by atoms with van der Waals surface area (Å²) in [6.07, 6.45) is 2.81. The van der Waals surface area contributed by atoms with E-state index < -0.39 is 11.9 Å². The van der Waals surface area contributed by atoms with Crippen molar-refractivity contribution in [2.24, 2.45) is 0 Å². The van der Waals surface area contributed by atoms with Crippen LogP contribution in [-0.2, 0) is 9.53 Å². The zero-order valence-electron chi connectivity index (χ0n) is 8.70. The molecule has 0 aliphatic carbocycles. The van der Waals surface area contributed by atoms with E-state index in [2.05, 4.69) is 15.0 Å². The van der Waals surface area contributed by atoms with Crippen molar-refractivity contribution in [1.29, 1.82) is 0 Å². The van der Waals surface area contributed by atoms with Crippen molar-refractivity contribution in [3.05, 3.63) is 29.0 Å². The number of hydrogen-bond donors (Lipinski definition) is 1. The number of nitrogens with zero attached hydrogens (tertiary/aromatic N) is 1. The molecule has 0 saturated heterocycles. The second-order valence-corrected chi connectivity index (χ2v) is 3.25. The number of aromatic nitrogens is 1. The summed E-state index contributed by atoms with van der Waals surface area (Å²) < 4.78 is 4.66. The van der Waals surface area contributed by atoms with Gasteiger partial charge < -0.3 is 10.1 Å². The van der Waals surface area contributed by atoms with Gasteiger partial charge in [0.1, 0.15) is 6.54 Å². The summed E-state index contributed by atoms with van der Waals surface area (Å²) in [5.41, 5.74) is 0.230. The Morgan fingerprint density at radius 3 is 2.94 bits per heavy atom. The largest absolute Gasteiger partial charge is 0.465 e. The van der Waals surface area contributed by atoms with Crippen LogP contribution in [0.4, 0.5) is 0 Å². The molecule has 1 aromatic heterocycles. The molecule has 1 amide bonds. The van der Waals surface area contributed by atoms with E-state index in [1.165, 1.54) is 18.5 Å². The first-order chi connectivity index (χ1) is 7.65. The van der Waals surface area contributed by atoms with Crippen molar-refractivity contribution < 1.29 is 14.3 Å². The molecule has 5 nitrogen and oxygen atoms in total. The number of nitrogens with one attached hydrogen (secondary N) is 1. The number of carbonyl (C=O) groups is 2. The summed E-state index contributed by atoms with van der Waals surface area (Å²) >= 11 is 5.78. The molecule has 1 aromatic rings. The Balaban J connectivity index is 2.54. The molecule has 0 saturated carbocycles. The van der Waals surface area contributed by atoms with Gasteiger partial charge in [-0.2, -0.15) is 0 Å². The molecule has 0 atom stereocenters. The normalized spacial score (nSPS) is 9.62. The van der Waals surface area contributed by atoms with Crippen LogP contribution >= 0.6 is 11.6 Å². The van der Waals surface area contributed by atoms with Crippen molar-refractivity contribution in [1.82, 2.24) is 10.3 Å². The highest BCUT2D eigenvalue weighted by molar-refractivity contribution is 6.33. The molecule has 0 aliphatic heterocycles. The van der Waals surface area contributed by atoms with Crippen LogP contribution in [-0.4, -0.2) is 30.0 Å². The van der Waals surface area contributed by atoms with Crippen LogP contribution in [0.25, 0.3) is 0 Å². The fourth-order valence-electron chi connectivity index (χ4n) is 1.00. The predicted molar refractivity (Wildman–Crippen MR) is 58.2 cm³/mol. The first-order valence-corrected chi connectivity index (χ1v) is 5.06. The average Bonchev–Trinajstić information content (AvgIpc) is 2.27. The van der Waals surface area contributed by atoms with Crippen molar-refractivity contribution in [3.63, 3.8) is 0 Å². The number of pyridine rings is 1. The highest BCUT2D eigenvalue weighted by Gasteiger charge is 2.11. The standard InChI is InChI=1S/C10H11ClN2O3/c1-2-16-9(14)6-13-10(15)7-5-12-4-3-8(7)11/h3-5H,2,6H2,1H3,(H,13,15).